The molecule has 0 aliphatic rings. The van der Waals surface area contributed by atoms with Crippen molar-refractivity contribution in [3.05, 3.63) is 89.7 Å². The number of carbonyl (C=O) groups is 2. The maximum Gasteiger partial charge on any atom is 0.337 e. The van der Waals surface area contributed by atoms with E-state index in [1.54, 1.807) is 36.5 Å². The molecule has 0 radical (unpaired) electrons. The van der Waals surface area contributed by atoms with Crippen molar-refractivity contribution in [1.29, 1.82) is 0 Å². The summed E-state index contributed by atoms with van der Waals surface area (Å²) in [5.74, 6) is -0.639. The third kappa shape index (κ3) is 5.17. The third-order valence-corrected chi connectivity index (χ3v) is 4.11. The highest BCUT2D eigenvalue weighted by Gasteiger charge is 2.09. The number of methoxy groups -OCH3 is 1. The Morgan fingerprint density at radius 2 is 1.75 bits per heavy atom. The predicted octanol–water partition coefficient (Wildman–Crippen LogP) is 3.58. The predicted molar refractivity (Wildman–Crippen MR) is 108 cm³/mol. The summed E-state index contributed by atoms with van der Waals surface area (Å²) in [4.78, 5) is 28.2. The Kier molecular flexibility index (Phi) is 6.36. The number of hydrogen-bond donors (Lipinski definition) is 2. The largest absolute Gasteiger partial charge is 0.465 e. The number of benzene rings is 2. The van der Waals surface area contributed by atoms with E-state index >= 15 is 0 Å². The van der Waals surface area contributed by atoms with Crippen LogP contribution in [0.2, 0.25) is 0 Å². The quantitative estimate of drug-likeness (QED) is 0.617. The first-order valence-electron chi connectivity index (χ1n) is 8.89. The molecule has 0 saturated heterocycles. The van der Waals surface area contributed by atoms with Crippen LogP contribution >= 0.6 is 0 Å². The summed E-state index contributed by atoms with van der Waals surface area (Å²) in [6.45, 7) is 0.531. The molecule has 0 aliphatic carbocycles. The third-order valence-electron chi connectivity index (χ3n) is 4.11. The van der Waals surface area contributed by atoms with Crippen molar-refractivity contribution in [1.82, 2.24) is 10.3 Å². The van der Waals surface area contributed by atoms with Gasteiger partial charge in [0.1, 0.15) is 5.69 Å². The molecule has 0 spiro atoms. The van der Waals surface area contributed by atoms with Gasteiger partial charge in [-0.15, -0.1) is 0 Å². The molecule has 6 nitrogen and oxygen atoms in total. The minimum absolute atomic E-state index is 0.233. The van der Waals surface area contributed by atoms with Crippen molar-refractivity contribution >= 4 is 23.3 Å². The molecular weight excluding hydrogens is 354 g/mol. The SMILES string of the molecule is COC(=O)c1cccc(Nc2ccnc(C(=O)NCCc3ccccc3)c2)c1. The van der Waals surface area contributed by atoms with Crippen LogP contribution < -0.4 is 10.6 Å². The lowest BCUT2D eigenvalue weighted by atomic mass is 10.1. The number of hydrogen-bond acceptors (Lipinski definition) is 5. The summed E-state index contributed by atoms with van der Waals surface area (Å²) >= 11 is 0. The molecule has 3 rings (SSSR count). The van der Waals surface area contributed by atoms with Gasteiger partial charge in [0.15, 0.2) is 0 Å². The van der Waals surface area contributed by atoms with Crippen LogP contribution in [0.1, 0.15) is 26.4 Å². The van der Waals surface area contributed by atoms with E-state index in [0.717, 1.165) is 12.0 Å². The van der Waals surface area contributed by atoms with E-state index in [1.807, 2.05) is 36.4 Å². The molecule has 3 aromatic rings. The standard InChI is InChI=1S/C22H21N3O3/c1-28-22(27)17-8-5-9-18(14-17)25-19-11-13-23-20(15-19)21(26)24-12-10-16-6-3-2-4-7-16/h2-9,11,13-15H,10,12H2,1H3,(H,23,25)(H,24,26). The Morgan fingerprint density at radius 1 is 0.964 bits per heavy atom. The Balaban J connectivity index is 1.62. The highest BCUT2D eigenvalue weighted by Crippen LogP contribution is 2.18. The zero-order valence-corrected chi connectivity index (χ0v) is 15.5. The molecular formula is C22H21N3O3. The number of carbonyl (C=O) groups excluding carboxylic acids is 2. The van der Waals surface area contributed by atoms with Gasteiger partial charge in [0.2, 0.25) is 0 Å². The maximum absolute atomic E-state index is 12.4. The molecule has 1 heterocycles. The number of nitrogens with zero attached hydrogens (tertiary/aromatic N) is 1. The molecule has 2 aromatic carbocycles. The molecule has 1 aromatic heterocycles. The smallest absolute Gasteiger partial charge is 0.337 e. The van der Waals surface area contributed by atoms with Gasteiger partial charge >= 0.3 is 5.97 Å². The zero-order valence-electron chi connectivity index (χ0n) is 15.5. The van der Waals surface area contributed by atoms with Gasteiger partial charge in [-0.2, -0.15) is 0 Å². The number of pyridine rings is 1. The highest BCUT2D eigenvalue weighted by molar-refractivity contribution is 5.93. The lowest BCUT2D eigenvalue weighted by Gasteiger charge is -2.09. The normalized spacial score (nSPS) is 10.2. The molecule has 6 heteroatoms. The average Bonchev–Trinajstić information content (AvgIpc) is 2.74. The fourth-order valence-corrected chi connectivity index (χ4v) is 2.70. The summed E-state index contributed by atoms with van der Waals surface area (Å²) in [6, 6.07) is 20.3. The van der Waals surface area contributed by atoms with Crippen molar-refractivity contribution < 1.29 is 14.3 Å². The van der Waals surface area contributed by atoms with Crippen molar-refractivity contribution in [2.24, 2.45) is 0 Å². The van der Waals surface area contributed by atoms with Gasteiger partial charge in [-0.1, -0.05) is 36.4 Å². The van der Waals surface area contributed by atoms with Gasteiger partial charge in [-0.3, -0.25) is 9.78 Å². The Morgan fingerprint density at radius 3 is 2.54 bits per heavy atom. The van der Waals surface area contributed by atoms with E-state index in [1.165, 1.54) is 7.11 Å². The molecule has 0 bridgehead atoms. The molecule has 142 valence electrons. The first-order valence-corrected chi connectivity index (χ1v) is 8.89. The second kappa shape index (κ2) is 9.32. The van der Waals surface area contributed by atoms with Crippen LogP contribution in [0.15, 0.2) is 72.9 Å². The van der Waals surface area contributed by atoms with Crippen LogP contribution in [-0.2, 0) is 11.2 Å². The average molecular weight is 375 g/mol. The summed E-state index contributed by atoms with van der Waals surface area (Å²) < 4.78 is 4.73. The van der Waals surface area contributed by atoms with Crippen LogP contribution in [0.25, 0.3) is 0 Å². The van der Waals surface area contributed by atoms with Gasteiger partial charge in [0, 0.05) is 24.1 Å². The molecule has 2 N–H and O–H groups in total. The molecule has 0 aliphatic heterocycles. The van der Waals surface area contributed by atoms with Crippen LogP contribution in [0.5, 0.6) is 0 Å². The number of rotatable bonds is 7. The Hall–Kier alpha value is -3.67. The van der Waals surface area contributed by atoms with Gasteiger partial charge in [-0.05, 0) is 42.3 Å². The molecule has 28 heavy (non-hydrogen) atoms. The van der Waals surface area contributed by atoms with Gasteiger partial charge in [0.05, 0.1) is 12.7 Å². The van der Waals surface area contributed by atoms with Crippen molar-refractivity contribution in [2.45, 2.75) is 6.42 Å². The fourth-order valence-electron chi connectivity index (χ4n) is 2.70. The van der Waals surface area contributed by atoms with Crippen LogP contribution in [0.3, 0.4) is 0 Å². The first kappa shape index (κ1) is 19.1. The number of aromatic nitrogens is 1. The summed E-state index contributed by atoms with van der Waals surface area (Å²) in [6.07, 6.45) is 2.32. The molecule has 1 amide bonds. The number of amides is 1. The van der Waals surface area contributed by atoms with E-state index in [-0.39, 0.29) is 5.91 Å². The number of esters is 1. The summed E-state index contributed by atoms with van der Waals surface area (Å²) in [5.41, 5.74) is 3.34. The van der Waals surface area contributed by atoms with E-state index in [0.29, 0.717) is 29.2 Å². The lowest BCUT2D eigenvalue weighted by Crippen LogP contribution is -2.26. The monoisotopic (exact) mass is 375 g/mol. The second-order valence-electron chi connectivity index (χ2n) is 6.12. The van der Waals surface area contributed by atoms with Gasteiger partial charge < -0.3 is 15.4 Å². The molecule has 0 unspecified atom stereocenters. The summed E-state index contributed by atoms with van der Waals surface area (Å²) in [5, 5.41) is 6.05. The maximum atomic E-state index is 12.4. The van der Waals surface area contributed by atoms with E-state index < -0.39 is 5.97 Å². The van der Waals surface area contributed by atoms with E-state index in [4.69, 9.17) is 4.74 Å². The Bertz CT molecular complexity index is 958. The van der Waals surface area contributed by atoms with Crippen LogP contribution in [-0.4, -0.2) is 30.5 Å². The van der Waals surface area contributed by atoms with E-state index in [9.17, 15) is 9.59 Å². The van der Waals surface area contributed by atoms with Crippen molar-refractivity contribution in [3.8, 4) is 0 Å². The van der Waals surface area contributed by atoms with Crippen LogP contribution in [0, 0.1) is 0 Å². The minimum atomic E-state index is -0.406. The van der Waals surface area contributed by atoms with Crippen molar-refractivity contribution in [3.63, 3.8) is 0 Å². The lowest BCUT2D eigenvalue weighted by molar-refractivity contribution is 0.0600. The topological polar surface area (TPSA) is 80.3 Å². The van der Waals surface area contributed by atoms with E-state index in [2.05, 4.69) is 15.6 Å². The number of ether oxygens (including phenoxy) is 1. The summed E-state index contributed by atoms with van der Waals surface area (Å²) in [7, 11) is 1.34. The molecule has 0 atom stereocenters. The number of nitrogens with one attached hydrogen (secondary N) is 2. The van der Waals surface area contributed by atoms with Gasteiger partial charge in [0.25, 0.3) is 5.91 Å². The van der Waals surface area contributed by atoms with Crippen molar-refractivity contribution in [2.75, 3.05) is 19.0 Å². The first-order chi connectivity index (χ1) is 13.7. The fraction of sp³-hybridized carbons (Fsp3) is 0.136. The molecule has 0 fully saturated rings. The number of anilines is 2. The Labute approximate surface area is 163 Å². The van der Waals surface area contributed by atoms with Crippen LogP contribution in [0.4, 0.5) is 11.4 Å². The highest BCUT2D eigenvalue weighted by atomic mass is 16.5. The minimum Gasteiger partial charge on any atom is -0.465 e. The second-order valence-corrected chi connectivity index (χ2v) is 6.12. The van der Waals surface area contributed by atoms with Gasteiger partial charge in [-0.25, -0.2) is 4.79 Å². The molecule has 0 saturated carbocycles. The zero-order chi connectivity index (χ0) is 19.8.